The highest BCUT2D eigenvalue weighted by Crippen LogP contribution is 2.17. The average molecular weight is 695 g/mol. The van der Waals surface area contributed by atoms with Crippen LogP contribution in [0.1, 0.15) is 282 Å². The third-order valence-electron chi connectivity index (χ3n) is 11.4. The summed E-state index contributed by atoms with van der Waals surface area (Å²) in [4.78, 5) is 4.98. The molecule has 1 aromatic rings. The maximum atomic E-state index is 4.98. The molecule has 0 bridgehead atoms. The molecule has 1 rings (SSSR count). The summed E-state index contributed by atoms with van der Waals surface area (Å²) in [5, 5.41) is 0. The number of aromatic nitrogens is 1. The van der Waals surface area contributed by atoms with Gasteiger partial charge >= 0.3 is 0 Å². The van der Waals surface area contributed by atoms with Crippen molar-refractivity contribution in [3.8, 4) is 0 Å². The predicted molar refractivity (Wildman–Crippen MR) is 227 cm³/mol. The van der Waals surface area contributed by atoms with E-state index in [2.05, 4.69) is 32.0 Å². The molecule has 0 saturated carbocycles. The van der Waals surface area contributed by atoms with Gasteiger partial charge < -0.3 is 0 Å². The summed E-state index contributed by atoms with van der Waals surface area (Å²) >= 11 is 0. The van der Waals surface area contributed by atoms with E-state index in [1.54, 1.807) is 0 Å². The molecule has 0 aromatic carbocycles. The Bertz CT molecular complexity index is 696. The molecular formula is C49H92N. The van der Waals surface area contributed by atoms with Gasteiger partial charge in [-0.05, 0) is 43.9 Å². The highest BCUT2D eigenvalue weighted by molar-refractivity contribution is 5.10. The molecule has 50 heavy (non-hydrogen) atoms. The maximum Gasteiger partial charge on any atom is 0.0413 e. The lowest BCUT2D eigenvalue weighted by atomic mass is 10.0. The van der Waals surface area contributed by atoms with Crippen LogP contribution in [0.3, 0.4) is 0 Å². The summed E-state index contributed by atoms with van der Waals surface area (Å²) in [7, 11) is 0. The van der Waals surface area contributed by atoms with Gasteiger partial charge in [0.2, 0.25) is 0 Å². The third-order valence-corrected chi connectivity index (χ3v) is 11.4. The van der Waals surface area contributed by atoms with Crippen LogP contribution in [0.15, 0.2) is 12.1 Å². The average Bonchev–Trinajstić information content (AvgIpc) is 3.13. The molecule has 0 aliphatic carbocycles. The van der Waals surface area contributed by atoms with Gasteiger partial charge in [-0.25, -0.2) is 0 Å². The molecule has 0 aliphatic rings. The SMILES string of the molecule is CCCCCCCCCCCCCCCCCCCCCCc1c[c]cc(CCCCCCCCCCCCCCCCCCCCCC)n1. The van der Waals surface area contributed by atoms with Crippen molar-refractivity contribution in [1.29, 1.82) is 0 Å². The molecule has 1 aromatic heterocycles. The number of hydrogen-bond donors (Lipinski definition) is 0. The van der Waals surface area contributed by atoms with Crippen LogP contribution < -0.4 is 0 Å². The van der Waals surface area contributed by atoms with Crippen LogP contribution in [0.5, 0.6) is 0 Å². The number of rotatable bonds is 42. The normalized spacial score (nSPS) is 11.6. The van der Waals surface area contributed by atoms with E-state index in [0.29, 0.717) is 0 Å². The molecule has 0 saturated heterocycles. The summed E-state index contributed by atoms with van der Waals surface area (Å²) in [5.41, 5.74) is 2.55. The maximum absolute atomic E-state index is 4.98. The van der Waals surface area contributed by atoms with Gasteiger partial charge in [-0.15, -0.1) is 0 Å². The van der Waals surface area contributed by atoms with E-state index in [1.165, 1.54) is 268 Å². The second-order valence-electron chi connectivity index (χ2n) is 16.5. The first-order valence-electron chi connectivity index (χ1n) is 23.7. The highest BCUT2D eigenvalue weighted by Gasteiger charge is 2.01. The van der Waals surface area contributed by atoms with Gasteiger partial charge in [-0.2, -0.15) is 0 Å². The Balaban J connectivity index is 1.80. The van der Waals surface area contributed by atoms with Crippen LogP contribution in [0, 0.1) is 6.07 Å². The van der Waals surface area contributed by atoms with Crippen molar-refractivity contribution in [3.63, 3.8) is 0 Å². The molecule has 0 spiro atoms. The lowest BCUT2D eigenvalue weighted by Gasteiger charge is -2.06. The van der Waals surface area contributed by atoms with Crippen LogP contribution in [0.4, 0.5) is 0 Å². The Kier molecular flexibility index (Phi) is 38.6. The second-order valence-corrected chi connectivity index (χ2v) is 16.5. The monoisotopic (exact) mass is 695 g/mol. The second kappa shape index (κ2) is 40.9. The summed E-state index contributed by atoms with van der Waals surface area (Å²) in [6.45, 7) is 4.62. The van der Waals surface area contributed by atoms with E-state index in [4.69, 9.17) is 4.98 Å². The van der Waals surface area contributed by atoms with Gasteiger partial charge in [-0.3, -0.25) is 4.98 Å². The molecule has 0 unspecified atom stereocenters. The van der Waals surface area contributed by atoms with Gasteiger partial charge in [0.25, 0.3) is 0 Å². The van der Waals surface area contributed by atoms with Crippen LogP contribution in [-0.2, 0) is 12.8 Å². The summed E-state index contributed by atoms with van der Waals surface area (Å²) in [5.74, 6) is 0. The first-order chi connectivity index (χ1) is 24.9. The van der Waals surface area contributed by atoms with Crippen LogP contribution in [0.25, 0.3) is 0 Å². The van der Waals surface area contributed by atoms with E-state index in [0.717, 1.165) is 12.8 Å². The Labute approximate surface area is 317 Å². The van der Waals surface area contributed by atoms with Gasteiger partial charge in [0.15, 0.2) is 0 Å². The van der Waals surface area contributed by atoms with E-state index < -0.39 is 0 Å². The molecule has 1 heterocycles. The highest BCUT2D eigenvalue weighted by atomic mass is 14.7. The largest absolute Gasteiger partial charge is 0.258 e. The van der Waals surface area contributed by atoms with Crippen molar-refractivity contribution < 1.29 is 0 Å². The molecule has 1 nitrogen and oxygen atoms in total. The van der Waals surface area contributed by atoms with E-state index >= 15 is 0 Å². The van der Waals surface area contributed by atoms with Gasteiger partial charge in [-0.1, -0.05) is 258 Å². The number of aryl methyl sites for hydroxylation is 2. The smallest absolute Gasteiger partial charge is 0.0413 e. The zero-order valence-electron chi connectivity index (χ0n) is 34.8. The molecule has 0 atom stereocenters. The minimum absolute atomic E-state index is 1.14. The van der Waals surface area contributed by atoms with Gasteiger partial charge in [0, 0.05) is 11.4 Å². The van der Waals surface area contributed by atoms with Gasteiger partial charge in [0.1, 0.15) is 0 Å². The number of nitrogens with zero attached hydrogens (tertiary/aromatic N) is 1. The van der Waals surface area contributed by atoms with Crippen LogP contribution in [0.2, 0.25) is 0 Å². The third kappa shape index (κ3) is 35.5. The fourth-order valence-electron chi connectivity index (χ4n) is 7.86. The fourth-order valence-corrected chi connectivity index (χ4v) is 7.86. The molecule has 293 valence electrons. The van der Waals surface area contributed by atoms with E-state index in [1.807, 2.05) is 0 Å². The minimum Gasteiger partial charge on any atom is -0.258 e. The van der Waals surface area contributed by atoms with Crippen molar-refractivity contribution in [1.82, 2.24) is 4.98 Å². The zero-order chi connectivity index (χ0) is 35.7. The Morgan fingerprint density at radius 1 is 0.280 bits per heavy atom. The topological polar surface area (TPSA) is 12.9 Å². The van der Waals surface area contributed by atoms with Crippen LogP contribution in [-0.4, -0.2) is 4.98 Å². The predicted octanol–water partition coefficient (Wildman–Crippen LogP) is 17.6. The minimum atomic E-state index is 1.14. The molecule has 0 amide bonds. The van der Waals surface area contributed by atoms with Crippen molar-refractivity contribution in [2.75, 3.05) is 0 Å². The Morgan fingerprint density at radius 2 is 0.460 bits per heavy atom. The zero-order valence-corrected chi connectivity index (χ0v) is 34.8. The van der Waals surface area contributed by atoms with Crippen molar-refractivity contribution in [3.05, 3.63) is 29.6 Å². The van der Waals surface area contributed by atoms with Crippen LogP contribution >= 0.6 is 0 Å². The lowest BCUT2D eigenvalue weighted by molar-refractivity contribution is 0.521. The lowest BCUT2D eigenvalue weighted by Crippen LogP contribution is -1.96. The van der Waals surface area contributed by atoms with Gasteiger partial charge in [0.05, 0.1) is 0 Å². The molecule has 0 aliphatic heterocycles. The molecular weight excluding hydrogens is 603 g/mol. The summed E-state index contributed by atoms with van der Waals surface area (Å²) in [6, 6.07) is 7.66. The Morgan fingerprint density at radius 3 is 0.660 bits per heavy atom. The van der Waals surface area contributed by atoms with E-state index in [-0.39, 0.29) is 0 Å². The first-order valence-corrected chi connectivity index (χ1v) is 23.7. The first kappa shape index (κ1) is 47.2. The van der Waals surface area contributed by atoms with Crippen molar-refractivity contribution in [2.45, 2.75) is 284 Å². The quantitative estimate of drug-likeness (QED) is 0.0621. The number of pyridine rings is 1. The molecule has 1 radical (unpaired) electrons. The summed E-state index contributed by atoms with van der Waals surface area (Å²) in [6.07, 6.45) is 60.0. The number of hydrogen-bond acceptors (Lipinski definition) is 1. The molecule has 0 N–H and O–H groups in total. The standard InChI is InChI=1S/C49H92N/c1-3-5-7-9-11-13-15-17-19-21-23-25-27-29-31-33-35-37-39-41-44-48-46-43-47-49(50-48)45-42-40-38-36-34-32-30-28-26-24-22-20-18-16-14-12-10-8-6-4-2/h46-47H,3-42,44-45H2,1-2H3. The summed E-state index contributed by atoms with van der Waals surface area (Å²) < 4.78 is 0. The number of unbranched alkanes of at least 4 members (excludes halogenated alkanes) is 38. The van der Waals surface area contributed by atoms with Crippen molar-refractivity contribution >= 4 is 0 Å². The molecule has 1 heteroatoms. The van der Waals surface area contributed by atoms with E-state index in [9.17, 15) is 0 Å². The molecule has 0 fully saturated rings. The fraction of sp³-hybridized carbons (Fsp3) is 0.898. The van der Waals surface area contributed by atoms with Crippen molar-refractivity contribution in [2.24, 2.45) is 0 Å². The Hall–Kier alpha value is -0.850.